The average molecular weight is 378 g/mol. The molecule has 5 nitrogen and oxygen atoms in total. The Morgan fingerprint density at radius 3 is 2.21 bits per heavy atom. The molecule has 28 heavy (non-hydrogen) atoms. The van der Waals surface area contributed by atoms with Crippen molar-refractivity contribution in [1.82, 2.24) is 4.98 Å². The van der Waals surface area contributed by atoms with Crippen LogP contribution in [0.2, 0.25) is 0 Å². The maximum atomic E-state index is 13.1. The van der Waals surface area contributed by atoms with Gasteiger partial charge in [-0.05, 0) is 36.4 Å². The fraction of sp³-hybridized carbons (Fsp3) is 0.273. The summed E-state index contributed by atoms with van der Waals surface area (Å²) in [5, 5.41) is 8.89. The van der Waals surface area contributed by atoms with Crippen molar-refractivity contribution in [3.05, 3.63) is 77.6 Å². The number of nitriles is 1. The molecule has 0 saturated carbocycles. The molecule has 142 valence electrons. The van der Waals surface area contributed by atoms with Crippen LogP contribution in [0.5, 0.6) is 0 Å². The van der Waals surface area contributed by atoms with Crippen molar-refractivity contribution in [3.8, 4) is 17.4 Å². The minimum absolute atomic E-state index is 0.255. The molecule has 6 heteroatoms. The third-order valence-electron chi connectivity index (χ3n) is 5.28. The maximum absolute atomic E-state index is 13.1. The number of piperazine rings is 1. The van der Waals surface area contributed by atoms with Crippen LogP contribution in [-0.4, -0.2) is 31.2 Å². The zero-order chi connectivity index (χ0) is 19.3. The SMILES string of the molecule is N#Cc1ccc(C[NH+]2CC[NH+](Cc3ncc(-c4ccc(F)cc4)o3)CC2)cc1. The molecule has 4 rings (SSSR count). The molecule has 1 saturated heterocycles. The molecule has 0 amide bonds. The number of benzene rings is 2. The van der Waals surface area contributed by atoms with Gasteiger partial charge in [0.1, 0.15) is 38.5 Å². The molecule has 2 heterocycles. The Balaban J connectivity index is 1.28. The Labute approximate surface area is 163 Å². The van der Waals surface area contributed by atoms with Crippen LogP contribution >= 0.6 is 0 Å². The van der Waals surface area contributed by atoms with E-state index in [1.165, 1.54) is 22.6 Å². The number of aromatic nitrogens is 1. The summed E-state index contributed by atoms with van der Waals surface area (Å²) in [4.78, 5) is 7.43. The van der Waals surface area contributed by atoms with E-state index in [0.29, 0.717) is 11.3 Å². The van der Waals surface area contributed by atoms with Gasteiger partial charge in [-0.25, -0.2) is 9.37 Å². The summed E-state index contributed by atoms with van der Waals surface area (Å²) in [7, 11) is 0. The highest BCUT2D eigenvalue weighted by molar-refractivity contribution is 5.55. The second-order valence-corrected chi connectivity index (χ2v) is 7.29. The number of oxazole rings is 1. The predicted molar refractivity (Wildman–Crippen MR) is 102 cm³/mol. The summed E-state index contributed by atoms with van der Waals surface area (Å²) < 4.78 is 18.9. The number of hydrogen-bond acceptors (Lipinski definition) is 3. The summed E-state index contributed by atoms with van der Waals surface area (Å²) in [5.74, 6) is 1.15. The Morgan fingerprint density at radius 2 is 1.57 bits per heavy atom. The fourth-order valence-corrected chi connectivity index (χ4v) is 3.65. The summed E-state index contributed by atoms with van der Waals surface area (Å²) in [5.41, 5.74) is 2.82. The van der Waals surface area contributed by atoms with Crippen LogP contribution in [0.1, 0.15) is 17.0 Å². The molecule has 0 unspecified atom stereocenters. The Bertz CT molecular complexity index is 951. The number of nitrogens with one attached hydrogen (secondary N) is 2. The first-order valence-corrected chi connectivity index (χ1v) is 9.56. The van der Waals surface area contributed by atoms with E-state index in [9.17, 15) is 4.39 Å². The van der Waals surface area contributed by atoms with Gasteiger partial charge in [0.2, 0.25) is 0 Å². The number of quaternary nitrogens is 2. The molecule has 1 fully saturated rings. The summed E-state index contributed by atoms with van der Waals surface area (Å²) >= 11 is 0. The van der Waals surface area contributed by atoms with Crippen molar-refractivity contribution < 1.29 is 18.6 Å². The molecular weight excluding hydrogens is 355 g/mol. The van der Waals surface area contributed by atoms with E-state index in [1.807, 2.05) is 12.1 Å². The zero-order valence-corrected chi connectivity index (χ0v) is 15.6. The quantitative estimate of drug-likeness (QED) is 0.692. The topological polar surface area (TPSA) is 58.7 Å². The maximum Gasteiger partial charge on any atom is 0.250 e. The summed E-state index contributed by atoms with van der Waals surface area (Å²) in [6, 6.07) is 16.3. The smallest absolute Gasteiger partial charge is 0.250 e. The molecule has 0 spiro atoms. The van der Waals surface area contributed by atoms with E-state index in [-0.39, 0.29) is 5.82 Å². The van der Waals surface area contributed by atoms with Crippen LogP contribution in [0.25, 0.3) is 11.3 Å². The summed E-state index contributed by atoms with van der Waals surface area (Å²) in [6.07, 6.45) is 1.72. The second kappa shape index (κ2) is 8.34. The third kappa shape index (κ3) is 4.45. The second-order valence-electron chi connectivity index (χ2n) is 7.29. The van der Waals surface area contributed by atoms with Crippen molar-refractivity contribution in [3.63, 3.8) is 0 Å². The molecule has 0 radical (unpaired) electrons. The Morgan fingerprint density at radius 1 is 0.929 bits per heavy atom. The average Bonchev–Trinajstić information content (AvgIpc) is 3.19. The predicted octanol–water partition coefficient (Wildman–Crippen LogP) is 0.836. The lowest BCUT2D eigenvalue weighted by atomic mass is 10.1. The Hall–Kier alpha value is -3.01. The molecule has 1 aliphatic heterocycles. The first kappa shape index (κ1) is 18.4. The minimum Gasteiger partial charge on any atom is -0.435 e. The first-order valence-electron chi connectivity index (χ1n) is 9.56. The molecule has 2 aromatic carbocycles. The van der Waals surface area contributed by atoms with Crippen LogP contribution in [0.4, 0.5) is 4.39 Å². The van der Waals surface area contributed by atoms with Gasteiger partial charge in [0.05, 0.1) is 17.8 Å². The molecule has 0 aliphatic carbocycles. The standard InChI is InChI=1S/C22H21FN4O/c23-20-7-5-19(6-8-20)21-14-25-22(28-21)16-27-11-9-26(10-12-27)15-18-3-1-17(13-24)2-4-18/h1-8,14H,9-12,15-16H2/p+2. The molecule has 3 aromatic rings. The van der Waals surface area contributed by atoms with E-state index >= 15 is 0 Å². The van der Waals surface area contributed by atoms with Crippen LogP contribution in [0.15, 0.2) is 59.1 Å². The lowest BCUT2D eigenvalue weighted by Crippen LogP contribution is -3.27. The number of nitrogens with zero attached hydrogens (tertiary/aromatic N) is 2. The van der Waals surface area contributed by atoms with E-state index < -0.39 is 0 Å². The minimum atomic E-state index is -0.255. The van der Waals surface area contributed by atoms with Crippen molar-refractivity contribution in [2.75, 3.05) is 26.2 Å². The third-order valence-corrected chi connectivity index (χ3v) is 5.28. The molecule has 1 aromatic heterocycles. The van der Waals surface area contributed by atoms with E-state index in [4.69, 9.17) is 9.68 Å². The lowest BCUT2D eigenvalue weighted by Gasteiger charge is -2.29. The largest absolute Gasteiger partial charge is 0.435 e. The van der Waals surface area contributed by atoms with Crippen LogP contribution < -0.4 is 9.80 Å². The molecule has 0 atom stereocenters. The monoisotopic (exact) mass is 378 g/mol. The van der Waals surface area contributed by atoms with Gasteiger partial charge >= 0.3 is 0 Å². The van der Waals surface area contributed by atoms with Crippen molar-refractivity contribution in [1.29, 1.82) is 5.26 Å². The highest BCUT2D eigenvalue weighted by Gasteiger charge is 2.24. The first-order chi connectivity index (χ1) is 13.7. The van der Waals surface area contributed by atoms with E-state index in [0.717, 1.165) is 50.7 Å². The summed E-state index contributed by atoms with van der Waals surface area (Å²) in [6.45, 7) is 6.10. The van der Waals surface area contributed by atoms with E-state index in [1.54, 1.807) is 23.2 Å². The molecule has 2 N–H and O–H groups in total. The van der Waals surface area contributed by atoms with Gasteiger partial charge in [-0.1, -0.05) is 12.1 Å². The van der Waals surface area contributed by atoms with Gasteiger partial charge in [-0.3, -0.25) is 0 Å². The van der Waals surface area contributed by atoms with Gasteiger partial charge in [0.25, 0.3) is 5.89 Å². The molecule has 0 bridgehead atoms. The van der Waals surface area contributed by atoms with Crippen LogP contribution in [-0.2, 0) is 13.1 Å². The number of halogens is 1. The zero-order valence-electron chi connectivity index (χ0n) is 15.6. The van der Waals surface area contributed by atoms with Gasteiger partial charge < -0.3 is 14.2 Å². The van der Waals surface area contributed by atoms with Gasteiger partial charge in [-0.2, -0.15) is 5.26 Å². The molecular formula is C22H23FN4O+2. The highest BCUT2D eigenvalue weighted by Crippen LogP contribution is 2.20. The number of rotatable bonds is 5. The van der Waals surface area contributed by atoms with E-state index in [2.05, 4.69) is 23.2 Å². The van der Waals surface area contributed by atoms with Gasteiger partial charge in [0, 0.05) is 11.1 Å². The lowest BCUT2D eigenvalue weighted by molar-refractivity contribution is -1.02. The normalized spacial score (nSPS) is 19.3. The van der Waals surface area contributed by atoms with Gasteiger partial charge in [-0.15, -0.1) is 0 Å². The van der Waals surface area contributed by atoms with Crippen LogP contribution in [0, 0.1) is 17.1 Å². The van der Waals surface area contributed by atoms with Crippen molar-refractivity contribution >= 4 is 0 Å². The molecule has 1 aliphatic rings. The fourth-order valence-electron chi connectivity index (χ4n) is 3.65. The van der Waals surface area contributed by atoms with Crippen LogP contribution in [0.3, 0.4) is 0 Å². The van der Waals surface area contributed by atoms with Gasteiger partial charge in [0.15, 0.2) is 12.3 Å². The number of hydrogen-bond donors (Lipinski definition) is 2. The highest BCUT2D eigenvalue weighted by atomic mass is 19.1. The van der Waals surface area contributed by atoms with Crippen molar-refractivity contribution in [2.24, 2.45) is 0 Å². The van der Waals surface area contributed by atoms with Crippen molar-refractivity contribution in [2.45, 2.75) is 13.1 Å². The Kier molecular flexibility index (Phi) is 5.47.